The molecule has 0 saturated heterocycles. The minimum atomic E-state index is -1.28. The van der Waals surface area contributed by atoms with Crippen LogP contribution >= 0.6 is 0 Å². The number of unbranched alkanes of at least 4 members (excludes halogenated alkanes) is 3. The summed E-state index contributed by atoms with van der Waals surface area (Å²) in [7, 11) is 0. The second kappa shape index (κ2) is 12.6. The van der Waals surface area contributed by atoms with Gasteiger partial charge in [-0.05, 0) is 32.1 Å². The van der Waals surface area contributed by atoms with Gasteiger partial charge in [0.2, 0.25) is 0 Å². The SMILES string of the molecule is O=C([O-])CCC(=O)OCCCCCCOC(=O)CCC(=O)O. The molecule has 8 heteroatoms. The number of aliphatic carboxylic acids is 2. The quantitative estimate of drug-likeness (QED) is 0.372. The summed E-state index contributed by atoms with van der Waals surface area (Å²) in [5.41, 5.74) is 0. The van der Waals surface area contributed by atoms with Gasteiger partial charge in [-0.2, -0.15) is 0 Å². The molecule has 8 nitrogen and oxygen atoms in total. The van der Waals surface area contributed by atoms with E-state index in [1.807, 2.05) is 0 Å². The Labute approximate surface area is 128 Å². The fourth-order valence-electron chi connectivity index (χ4n) is 1.49. The largest absolute Gasteiger partial charge is 0.550 e. The summed E-state index contributed by atoms with van der Waals surface area (Å²) in [6.45, 7) is 0.466. The van der Waals surface area contributed by atoms with Gasteiger partial charge in [-0.25, -0.2) is 0 Å². The number of hydrogen-bond donors (Lipinski definition) is 1. The molecule has 0 spiro atoms. The third kappa shape index (κ3) is 14.3. The Morgan fingerprint density at radius 3 is 1.59 bits per heavy atom. The lowest BCUT2D eigenvalue weighted by atomic mass is 10.2. The van der Waals surface area contributed by atoms with Gasteiger partial charge < -0.3 is 24.5 Å². The second-order valence-corrected chi connectivity index (χ2v) is 4.62. The summed E-state index contributed by atoms with van der Waals surface area (Å²) in [5.74, 6) is -3.40. The van der Waals surface area contributed by atoms with E-state index in [1.165, 1.54) is 0 Å². The molecule has 0 aliphatic heterocycles. The molecule has 0 aliphatic rings. The molecule has 0 radical (unpaired) electrons. The zero-order valence-electron chi connectivity index (χ0n) is 12.4. The van der Waals surface area contributed by atoms with Gasteiger partial charge in [0.25, 0.3) is 0 Å². The lowest BCUT2D eigenvalue weighted by Gasteiger charge is -2.06. The van der Waals surface area contributed by atoms with Gasteiger partial charge in [0.15, 0.2) is 0 Å². The van der Waals surface area contributed by atoms with E-state index in [1.54, 1.807) is 0 Å². The van der Waals surface area contributed by atoms with E-state index < -0.39 is 23.9 Å². The lowest BCUT2D eigenvalue weighted by molar-refractivity contribution is -0.305. The Bertz CT molecular complexity index is 341. The van der Waals surface area contributed by atoms with Crippen molar-refractivity contribution in [3.05, 3.63) is 0 Å². The van der Waals surface area contributed by atoms with Crippen molar-refractivity contribution < 1.29 is 38.9 Å². The molecule has 0 saturated carbocycles. The van der Waals surface area contributed by atoms with Crippen molar-refractivity contribution in [3.63, 3.8) is 0 Å². The summed E-state index contributed by atoms with van der Waals surface area (Å²) in [6.07, 6.45) is 1.96. The van der Waals surface area contributed by atoms with Crippen LogP contribution in [0.1, 0.15) is 51.4 Å². The molecule has 0 aliphatic carbocycles. The average molecular weight is 317 g/mol. The maximum atomic E-state index is 11.1. The van der Waals surface area contributed by atoms with E-state index in [-0.39, 0.29) is 38.9 Å². The molecule has 0 heterocycles. The van der Waals surface area contributed by atoms with E-state index in [2.05, 4.69) is 0 Å². The Balaban J connectivity index is 3.33. The average Bonchev–Trinajstić information content (AvgIpc) is 2.45. The second-order valence-electron chi connectivity index (χ2n) is 4.62. The van der Waals surface area contributed by atoms with Crippen LogP contribution < -0.4 is 5.11 Å². The zero-order chi connectivity index (χ0) is 16.8. The normalized spacial score (nSPS) is 10.0. The molecule has 0 aromatic rings. The van der Waals surface area contributed by atoms with Crippen molar-refractivity contribution in [3.8, 4) is 0 Å². The monoisotopic (exact) mass is 317 g/mol. The maximum absolute atomic E-state index is 11.1. The van der Waals surface area contributed by atoms with E-state index in [0.29, 0.717) is 12.8 Å². The predicted molar refractivity (Wildman–Crippen MR) is 71.5 cm³/mol. The van der Waals surface area contributed by atoms with E-state index in [4.69, 9.17) is 14.6 Å². The maximum Gasteiger partial charge on any atom is 0.306 e. The summed E-state index contributed by atoms with van der Waals surface area (Å²) in [6, 6.07) is 0. The van der Waals surface area contributed by atoms with Crippen LogP contribution in [-0.4, -0.2) is 42.2 Å². The number of carboxylic acid groups (broad SMARTS) is 2. The van der Waals surface area contributed by atoms with Crippen molar-refractivity contribution in [1.82, 2.24) is 0 Å². The zero-order valence-corrected chi connectivity index (χ0v) is 12.4. The standard InChI is InChI=1S/C14H22O8/c15-11(16)5-7-13(19)21-9-3-1-2-4-10-22-14(20)8-6-12(17)18/h1-10H2,(H,15,16)(H,17,18)/p-1. The van der Waals surface area contributed by atoms with Crippen LogP contribution in [0.5, 0.6) is 0 Å². The van der Waals surface area contributed by atoms with Crippen molar-refractivity contribution in [2.75, 3.05) is 13.2 Å². The topological polar surface area (TPSA) is 130 Å². The van der Waals surface area contributed by atoms with Gasteiger partial charge in [-0.15, -0.1) is 0 Å². The van der Waals surface area contributed by atoms with Crippen LogP contribution in [0.15, 0.2) is 0 Å². The van der Waals surface area contributed by atoms with Crippen LogP contribution in [0.25, 0.3) is 0 Å². The third-order valence-corrected chi connectivity index (χ3v) is 2.64. The van der Waals surface area contributed by atoms with Crippen LogP contribution in [0.4, 0.5) is 0 Å². The minimum Gasteiger partial charge on any atom is -0.550 e. The number of hydrogen-bond acceptors (Lipinski definition) is 7. The minimum absolute atomic E-state index is 0.128. The molecule has 0 aromatic heterocycles. The fraction of sp³-hybridized carbons (Fsp3) is 0.714. The summed E-state index contributed by atoms with van der Waals surface area (Å²) in [5, 5.41) is 18.5. The molecule has 0 unspecified atom stereocenters. The van der Waals surface area contributed by atoms with Gasteiger partial charge in [0.1, 0.15) is 0 Å². The molecular formula is C14H21O8-. The van der Waals surface area contributed by atoms with Crippen LogP contribution in [0.2, 0.25) is 0 Å². The van der Waals surface area contributed by atoms with Crippen LogP contribution in [0.3, 0.4) is 0 Å². The van der Waals surface area contributed by atoms with Crippen molar-refractivity contribution in [2.24, 2.45) is 0 Å². The van der Waals surface area contributed by atoms with Gasteiger partial charge in [0, 0.05) is 5.97 Å². The van der Waals surface area contributed by atoms with Crippen LogP contribution in [0, 0.1) is 0 Å². The first kappa shape index (κ1) is 19.9. The Kier molecular flexibility index (Phi) is 11.4. The summed E-state index contributed by atoms with van der Waals surface area (Å²) in [4.78, 5) is 42.5. The first-order valence-electron chi connectivity index (χ1n) is 7.14. The lowest BCUT2D eigenvalue weighted by Crippen LogP contribution is -2.23. The Hall–Kier alpha value is -2.12. The smallest absolute Gasteiger partial charge is 0.306 e. The molecule has 0 aromatic carbocycles. The highest BCUT2D eigenvalue weighted by atomic mass is 16.5. The molecular weight excluding hydrogens is 296 g/mol. The molecule has 0 fully saturated rings. The molecule has 0 amide bonds. The van der Waals surface area contributed by atoms with Gasteiger partial charge in [-0.1, -0.05) is 0 Å². The third-order valence-electron chi connectivity index (χ3n) is 2.64. The van der Waals surface area contributed by atoms with Crippen molar-refractivity contribution in [1.29, 1.82) is 0 Å². The van der Waals surface area contributed by atoms with E-state index >= 15 is 0 Å². The highest BCUT2D eigenvalue weighted by Gasteiger charge is 2.06. The molecule has 0 bridgehead atoms. The Morgan fingerprint density at radius 2 is 1.18 bits per heavy atom. The number of ether oxygens (including phenoxy) is 2. The number of carboxylic acids is 2. The number of carbonyl (C=O) groups excluding carboxylic acids is 3. The fourth-order valence-corrected chi connectivity index (χ4v) is 1.49. The number of carbonyl (C=O) groups is 4. The number of esters is 2. The van der Waals surface area contributed by atoms with E-state index in [9.17, 15) is 24.3 Å². The van der Waals surface area contributed by atoms with Crippen LogP contribution in [-0.2, 0) is 28.7 Å². The van der Waals surface area contributed by atoms with E-state index in [0.717, 1.165) is 12.8 Å². The predicted octanol–water partition coefficient (Wildman–Crippen LogP) is 0.0281. The number of rotatable bonds is 13. The summed E-state index contributed by atoms with van der Waals surface area (Å²) < 4.78 is 9.66. The van der Waals surface area contributed by atoms with Crippen molar-refractivity contribution >= 4 is 23.9 Å². The highest BCUT2D eigenvalue weighted by Crippen LogP contribution is 2.03. The molecule has 126 valence electrons. The highest BCUT2D eigenvalue weighted by molar-refractivity contribution is 5.76. The molecule has 1 N–H and O–H groups in total. The van der Waals surface area contributed by atoms with Crippen molar-refractivity contribution in [2.45, 2.75) is 51.4 Å². The first-order chi connectivity index (χ1) is 10.4. The first-order valence-corrected chi connectivity index (χ1v) is 7.14. The van der Waals surface area contributed by atoms with Gasteiger partial charge in [0.05, 0.1) is 32.5 Å². The van der Waals surface area contributed by atoms with Gasteiger partial charge in [-0.3, -0.25) is 14.4 Å². The molecule has 0 atom stereocenters. The summed E-state index contributed by atoms with van der Waals surface area (Å²) >= 11 is 0. The molecule has 0 rings (SSSR count). The Morgan fingerprint density at radius 1 is 0.727 bits per heavy atom. The molecule has 22 heavy (non-hydrogen) atoms. The van der Waals surface area contributed by atoms with Gasteiger partial charge >= 0.3 is 17.9 Å².